The zero-order valence-corrected chi connectivity index (χ0v) is 11.7. The number of amides is 1. The van der Waals surface area contributed by atoms with Gasteiger partial charge in [-0.25, -0.2) is 4.39 Å². The van der Waals surface area contributed by atoms with E-state index in [1.807, 2.05) is 0 Å². The molecular formula is C17H14FNO3. The molecular weight excluding hydrogens is 285 g/mol. The molecule has 1 atom stereocenters. The lowest BCUT2D eigenvalue weighted by molar-refractivity contribution is -0.138. The van der Waals surface area contributed by atoms with Gasteiger partial charge < -0.3 is 10.0 Å². The van der Waals surface area contributed by atoms with Gasteiger partial charge in [0, 0.05) is 12.1 Å². The molecule has 0 bridgehead atoms. The first-order valence-electron chi connectivity index (χ1n) is 6.92. The van der Waals surface area contributed by atoms with Crippen molar-refractivity contribution in [1.82, 2.24) is 4.90 Å². The Hall–Kier alpha value is -2.69. The van der Waals surface area contributed by atoms with E-state index in [2.05, 4.69) is 0 Å². The van der Waals surface area contributed by atoms with E-state index in [0.717, 1.165) is 11.1 Å². The first kappa shape index (κ1) is 14.3. The molecule has 1 aliphatic rings. The summed E-state index contributed by atoms with van der Waals surface area (Å²) in [5, 5.41) is 9.12. The molecule has 0 radical (unpaired) electrons. The fourth-order valence-corrected chi connectivity index (χ4v) is 2.80. The molecule has 1 heterocycles. The van der Waals surface area contributed by atoms with Crippen LogP contribution in [0.25, 0.3) is 0 Å². The molecule has 0 saturated carbocycles. The third-order valence-corrected chi connectivity index (χ3v) is 3.82. The monoisotopic (exact) mass is 299 g/mol. The van der Waals surface area contributed by atoms with Crippen LogP contribution in [0.2, 0.25) is 0 Å². The van der Waals surface area contributed by atoms with Crippen molar-refractivity contribution in [2.24, 2.45) is 0 Å². The second kappa shape index (κ2) is 5.60. The Balaban J connectivity index is 1.93. The van der Waals surface area contributed by atoms with E-state index in [1.54, 1.807) is 36.4 Å². The minimum absolute atomic E-state index is 0.149. The third-order valence-electron chi connectivity index (χ3n) is 3.82. The summed E-state index contributed by atoms with van der Waals surface area (Å²) in [6.07, 6.45) is -0.149. The summed E-state index contributed by atoms with van der Waals surface area (Å²) in [5.74, 6) is -1.49. The van der Waals surface area contributed by atoms with Gasteiger partial charge in [0.25, 0.3) is 5.91 Å². The van der Waals surface area contributed by atoms with Crippen molar-refractivity contribution in [3.05, 3.63) is 71.0 Å². The maximum absolute atomic E-state index is 13.0. The van der Waals surface area contributed by atoms with E-state index in [1.165, 1.54) is 17.0 Å². The van der Waals surface area contributed by atoms with Gasteiger partial charge in [-0.1, -0.05) is 30.3 Å². The summed E-state index contributed by atoms with van der Waals surface area (Å²) in [6, 6.07) is 12.4. The van der Waals surface area contributed by atoms with E-state index in [9.17, 15) is 14.0 Å². The van der Waals surface area contributed by atoms with Crippen molar-refractivity contribution in [2.75, 3.05) is 0 Å². The van der Waals surface area contributed by atoms with Crippen LogP contribution in [0.1, 0.15) is 33.9 Å². The smallest absolute Gasteiger partial charge is 0.305 e. The van der Waals surface area contributed by atoms with Crippen molar-refractivity contribution < 1.29 is 19.1 Å². The average Bonchev–Trinajstić information content (AvgIpc) is 2.75. The molecule has 0 aliphatic carbocycles. The molecule has 2 aromatic rings. The quantitative estimate of drug-likeness (QED) is 0.944. The van der Waals surface area contributed by atoms with Gasteiger partial charge in [-0.3, -0.25) is 9.59 Å². The number of benzene rings is 2. The molecule has 22 heavy (non-hydrogen) atoms. The number of hydrogen-bond acceptors (Lipinski definition) is 2. The highest BCUT2D eigenvalue weighted by molar-refractivity contribution is 5.99. The number of nitrogens with zero attached hydrogens (tertiary/aromatic N) is 1. The van der Waals surface area contributed by atoms with E-state index in [4.69, 9.17) is 5.11 Å². The van der Waals surface area contributed by atoms with Gasteiger partial charge in [0.1, 0.15) is 5.82 Å². The van der Waals surface area contributed by atoms with Crippen molar-refractivity contribution in [3.8, 4) is 0 Å². The lowest BCUT2D eigenvalue weighted by Crippen LogP contribution is -2.29. The van der Waals surface area contributed by atoms with Crippen molar-refractivity contribution in [3.63, 3.8) is 0 Å². The van der Waals surface area contributed by atoms with Crippen LogP contribution in [-0.4, -0.2) is 21.9 Å². The maximum atomic E-state index is 13.0. The second-order valence-corrected chi connectivity index (χ2v) is 5.26. The van der Waals surface area contributed by atoms with Gasteiger partial charge in [-0.2, -0.15) is 0 Å². The Morgan fingerprint density at radius 2 is 1.82 bits per heavy atom. The van der Waals surface area contributed by atoms with Crippen LogP contribution in [0.15, 0.2) is 48.5 Å². The summed E-state index contributed by atoms with van der Waals surface area (Å²) < 4.78 is 13.0. The van der Waals surface area contributed by atoms with E-state index in [-0.39, 0.29) is 24.7 Å². The Morgan fingerprint density at radius 1 is 1.14 bits per heavy atom. The average molecular weight is 299 g/mol. The Kier molecular flexibility index (Phi) is 3.63. The van der Waals surface area contributed by atoms with E-state index < -0.39 is 12.0 Å². The number of carbonyl (C=O) groups is 2. The van der Waals surface area contributed by atoms with Gasteiger partial charge >= 0.3 is 5.97 Å². The van der Waals surface area contributed by atoms with Crippen molar-refractivity contribution in [2.45, 2.75) is 19.0 Å². The molecule has 5 heteroatoms. The van der Waals surface area contributed by atoms with Gasteiger partial charge in [0.2, 0.25) is 0 Å². The first-order chi connectivity index (χ1) is 10.6. The fourth-order valence-electron chi connectivity index (χ4n) is 2.80. The van der Waals surface area contributed by atoms with Crippen LogP contribution in [0, 0.1) is 5.82 Å². The molecule has 0 fully saturated rings. The number of aliphatic carboxylic acids is 1. The highest BCUT2D eigenvalue weighted by Crippen LogP contribution is 2.36. The van der Waals surface area contributed by atoms with Crippen LogP contribution >= 0.6 is 0 Å². The molecule has 4 nitrogen and oxygen atoms in total. The van der Waals surface area contributed by atoms with Crippen LogP contribution in [0.3, 0.4) is 0 Å². The minimum atomic E-state index is -0.960. The molecule has 112 valence electrons. The largest absolute Gasteiger partial charge is 0.481 e. The minimum Gasteiger partial charge on any atom is -0.481 e. The lowest BCUT2D eigenvalue weighted by atomic mass is 10.0. The van der Waals surface area contributed by atoms with Crippen LogP contribution in [-0.2, 0) is 11.3 Å². The molecule has 1 aliphatic heterocycles. The van der Waals surface area contributed by atoms with Gasteiger partial charge in [0.15, 0.2) is 0 Å². The van der Waals surface area contributed by atoms with Crippen LogP contribution < -0.4 is 0 Å². The predicted molar refractivity (Wildman–Crippen MR) is 77.7 cm³/mol. The Bertz CT molecular complexity index is 727. The van der Waals surface area contributed by atoms with Gasteiger partial charge in [-0.05, 0) is 29.3 Å². The van der Waals surface area contributed by atoms with Crippen molar-refractivity contribution in [1.29, 1.82) is 0 Å². The molecule has 0 spiro atoms. The van der Waals surface area contributed by atoms with Gasteiger partial charge in [0.05, 0.1) is 12.5 Å². The zero-order valence-electron chi connectivity index (χ0n) is 11.7. The van der Waals surface area contributed by atoms with E-state index in [0.29, 0.717) is 5.56 Å². The van der Waals surface area contributed by atoms with E-state index >= 15 is 0 Å². The summed E-state index contributed by atoms with van der Waals surface area (Å²) in [7, 11) is 0. The zero-order chi connectivity index (χ0) is 15.7. The van der Waals surface area contributed by atoms with Crippen molar-refractivity contribution >= 4 is 11.9 Å². The van der Waals surface area contributed by atoms with Gasteiger partial charge in [-0.15, -0.1) is 0 Å². The Morgan fingerprint density at radius 3 is 2.50 bits per heavy atom. The number of carboxylic acids is 1. The predicted octanol–water partition coefficient (Wildman–Crippen LogP) is 3.00. The number of fused-ring (bicyclic) bond motifs is 1. The molecule has 2 aromatic carbocycles. The number of carboxylic acid groups (broad SMARTS) is 1. The van der Waals surface area contributed by atoms with Crippen LogP contribution in [0.5, 0.6) is 0 Å². The standard InChI is InChI=1S/C17H14FNO3/c18-12-7-5-11(6-8-12)10-19-15(9-16(20)21)13-3-1-2-4-14(13)17(19)22/h1-8,15H,9-10H2,(H,20,21). The Labute approximate surface area is 126 Å². The number of halogens is 1. The number of rotatable bonds is 4. The summed E-state index contributed by atoms with van der Waals surface area (Å²) >= 11 is 0. The summed E-state index contributed by atoms with van der Waals surface area (Å²) in [5.41, 5.74) is 2.03. The maximum Gasteiger partial charge on any atom is 0.305 e. The highest BCUT2D eigenvalue weighted by Gasteiger charge is 2.37. The summed E-state index contributed by atoms with van der Waals surface area (Å²) in [4.78, 5) is 25.2. The molecule has 3 rings (SSSR count). The molecule has 0 saturated heterocycles. The number of carbonyl (C=O) groups excluding carboxylic acids is 1. The SMILES string of the molecule is O=C(O)CC1c2ccccc2C(=O)N1Cc1ccc(F)cc1. The third kappa shape index (κ3) is 2.57. The normalized spacial score (nSPS) is 16.7. The fraction of sp³-hybridized carbons (Fsp3) is 0.176. The second-order valence-electron chi connectivity index (χ2n) is 5.26. The van der Waals surface area contributed by atoms with Crippen LogP contribution in [0.4, 0.5) is 4.39 Å². The highest BCUT2D eigenvalue weighted by atomic mass is 19.1. The summed E-state index contributed by atoms with van der Waals surface area (Å²) in [6.45, 7) is 0.256. The lowest BCUT2D eigenvalue weighted by Gasteiger charge is -2.24. The molecule has 1 amide bonds. The molecule has 0 aromatic heterocycles. The topological polar surface area (TPSA) is 57.6 Å². The number of hydrogen-bond donors (Lipinski definition) is 1. The first-order valence-corrected chi connectivity index (χ1v) is 6.92. The molecule has 1 unspecified atom stereocenters. The molecule has 1 N–H and O–H groups in total.